The number of halogens is 1. The number of hydrazone groups is 1. The topological polar surface area (TPSA) is 70.6 Å². The third-order valence-corrected chi connectivity index (χ3v) is 6.69. The molecular weight excluding hydrogens is 490 g/mol. The van der Waals surface area contributed by atoms with Crippen LogP contribution >= 0.6 is 23.4 Å². The third kappa shape index (κ3) is 7.07. The van der Waals surface area contributed by atoms with Crippen molar-refractivity contribution in [2.45, 2.75) is 17.6 Å². The van der Waals surface area contributed by atoms with E-state index >= 15 is 0 Å². The molecule has 0 aliphatic carbocycles. The fraction of sp³-hybridized carbons (Fsp3) is 0.0690. The molecule has 0 unspecified atom stereocenters. The summed E-state index contributed by atoms with van der Waals surface area (Å²) in [7, 11) is 0. The summed E-state index contributed by atoms with van der Waals surface area (Å²) in [6, 6.07) is 31.5. The fourth-order valence-electron chi connectivity index (χ4n) is 3.30. The molecule has 0 saturated heterocycles. The van der Waals surface area contributed by atoms with Gasteiger partial charge in [0.15, 0.2) is 0 Å². The summed E-state index contributed by atoms with van der Waals surface area (Å²) >= 11 is 7.63. The minimum Gasteiger partial charge on any atom is -0.322 e. The van der Waals surface area contributed by atoms with E-state index in [2.05, 4.69) is 15.8 Å². The maximum Gasteiger partial charge on any atom is 0.271 e. The largest absolute Gasteiger partial charge is 0.322 e. The van der Waals surface area contributed by atoms with E-state index < -0.39 is 0 Å². The lowest BCUT2D eigenvalue weighted by Gasteiger charge is -2.07. The van der Waals surface area contributed by atoms with E-state index in [1.54, 1.807) is 48.2 Å². The van der Waals surface area contributed by atoms with Crippen LogP contribution in [0.2, 0.25) is 5.02 Å². The van der Waals surface area contributed by atoms with Crippen molar-refractivity contribution >= 4 is 46.6 Å². The van der Waals surface area contributed by atoms with Crippen LogP contribution in [-0.4, -0.2) is 17.5 Å². The summed E-state index contributed by atoms with van der Waals surface area (Å²) < 4.78 is 0. The van der Waals surface area contributed by atoms with Crippen molar-refractivity contribution in [1.29, 1.82) is 0 Å². The highest BCUT2D eigenvalue weighted by molar-refractivity contribution is 7.98. The summed E-state index contributed by atoms with van der Waals surface area (Å²) in [5, 5.41) is 7.81. The number of thioether (sulfide) groups is 1. The Hall–Kier alpha value is -3.87. The van der Waals surface area contributed by atoms with Gasteiger partial charge in [0.2, 0.25) is 0 Å². The Morgan fingerprint density at radius 2 is 1.36 bits per heavy atom. The minimum absolute atomic E-state index is 0.171. The Balaban J connectivity index is 1.29. The molecular formula is C29H24ClN3O2S. The average Bonchev–Trinajstić information content (AvgIpc) is 2.92. The molecule has 0 bridgehead atoms. The second-order valence-corrected chi connectivity index (χ2v) is 9.46. The van der Waals surface area contributed by atoms with E-state index in [0.717, 1.165) is 26.8 Å². The average molecular weight is 514 g/mol. The van der Waals surface area contributed by atoms with Crippen LogP contribution in [-0.2, 0) is 5.75 Å². The zero-order valence-electron chi connectivity index (χ0n) is 19.6. The van der Waals surface area contributed by atoms with Gasteiger partial charge in [-0.05, 0) is 78.7 Å². The van der Waals surface area contributed by atoms with Crippen molar-refractivity contribution in [1.82, 2.24) is 5.43 Å². The molecule has 4 aromatic rings. The summed E-state index contributed by atoms with van der Waals surface area (Å²) in [6.07, 6.45) is 0. The molecule has 0 aromatic heterocycles. The Morgan fingerprint density at radius 1 is 0.750 bits per heavy atom. The molecule has 0 aliphatic heterocycles. The van der Waals surface area contributed by atoms with Crippen molar-refractivity contribution in [3.05, 3.63) is 130 Å². The second kappa shape index (κ2) is 12.2. The predicted molar refractivity (Wildman–Crippen MR) is 148 cm³/mol. The van der Waals surface area contributed by atoms with Crippen molar-refractivity contribution in [2.75, 3.05) is 5.32 Å². The Morgan fingerprint density at radius 3 is 2.03 bits per heavy atom. The predicted octanol–water partition coefficient (Wildman–Crippen LogP) is 7.04. The highest BCUT2D eigenvalue weighted by Crippen LogP contribution is 2.24. The van der Waals surface area contributed by atoms with Crippen LogP contribution in [0.4, 0.5) is 5.69 Å². The van der Waals surface area contributed by atoms with Gasteiger partial charge in [-0.2, -0.15) is 5.10 Å². The van der Waals surface area contributed by atoms with E-state index in [0.29, 0.717) is 22.5 Å². The molecule has 0 heterocycles. The highest BCUT2D eigenvalue weighted by atomic mass is 35.5. The zero-order chi connectivity index (χ0) is 25.3. The van der Waals surface area contributed by atoms with E-state index in [9.17, 15) is 9.59 Å². The van der Waals surface area contributed by atoms with Crippen LogP contribution in [0.1, 0.15) is 38.8 Å². The first kappa shape index (κ1) is 25.2. The van der Waals surface area contributed by atoms with Gasteiger partial charge < -0.3 is 5.32 Å². The lowest BCUT2D eigenvalue weighted by molar-refractivity contribution is 0.0954. The maximum atomic E-state index is 12.5. The first-order valence-corrected chi connectivity index (χ1v) is 12.6. The lowest BCUT2D eigenvalue weighted by atomic mass is 10.1. The van der Waals surface area contributed by atoms with Crippen molar-refractivity contribution < 1.29 is 9.59 Å². The molecule has 0 aliphatic rings. The smallest absolute Gasteiger partial charge is 0.271 e. The van der Waals surface area contributed by atoms with Crippen LogP contribution in [0.5, 0.6) is 0 Å². The quantitative estimate of drug-likeness (QED) is 0.151. The SMILES string of the molecule is C/C(=N\NC(=O)c1ccc(CSc2ccc(Cl)cc2)cc1)c1ccc(NC(=O)c2ccccc2)cc1. The molecule has 36 heavy (non-hydrogen) atoms. The molecule has 0 fully saturated rings. The second-order valence-electron chi connectivity index (χ2n) is 7.98. The van der Waals surface area contributed by atoms with Crippen LogP contribution in [0.25, 0.3) is 0 Å². The lowest BCUT2D eigenvalue weighted by Crippen LogP contribution is -2.19. The molecule has 2 N–H and O–H groups in total. The van der Waals surface area contributed by atoms with Crippen molar-refractivity contribution in [3.8, 4) is 0 Å². The fourth-order valence-corrected chi connectivity index (χ4v) is 4.28. The van der Waals surface area contributed by atoms with Gasteiger partial charge in [-0.3, -0.25) is 9.59 Å². The molecule has 0 spiro atoms. The number of hydrogen-bond acceptors (Lipinski definition) is 4. The number of amides is 2. The van der Waals surface area contributed by atoms with Crippen LogP contribution in [0.15, 0.2) is 113 Å². The van der Waals surface area contributed by atoms with Crippen LogP contribution in [0, 0.1) is 0 Å². The Labute approximate surface area is 219 Å². The summed E-state index contributed by atoms with van der Waals surface area (Å²) in [6.45, 7) is 1.81. The molecule has 2 amide bonds. The Bertz CT molecular complexity index is 1350. The number of carbonyl (C=O) groups is 2. The number of rotatable bonds is 8. The van der Waals surface area contributed by atoms with Gasteiger partial charge in [-0.15, -0.1) is 11.8 Å². The molecule has 180 valence electrons. The number of nitrogens with zero attached hydrogens (tertiary/aromatic N) is 1. The first-order valence-electron chi connectivity index (χ1n) is 11.3. The number of nitrogens with one attached hydrogen (secondary N) is 2. The van der Waals surface area contributed by atoms with Crippen molar-refractivity contribution in [2.24, 2.45) is 5.10 Å². The van der Waals surface area contributed by atoms with E-state index in [1.165, 1.54) is 0 Å². The summed E-state index contributed by atoms with van der Waals surface area (Å²) in [5.41, 5.74) is 7.02. The van der Waals surface area contributed by atoms with Gasteiger partial charge in [0.1, 0.15) is 0 Å². The number of benzene rings is 4. The highest BCUT2D eigenvalue weighted by Gasteiger charge is 2.08. The molecule has 0 saturated carbocycles. The first-order chi connectivity index (χ1) is 17.5. The van der Waals surface area contributed by atoms with Gasteiger partial charge >= 0.3 is 0 Å². The van der Waals surface area contributed by atoms with Crippen molar-refractivity contribution in [3.63, 3.8) is 0 Å². The number of hydrogen-bond donors (Lipinski definition) is 2. The molecule has 7 heteroatoms. The summed E-state index contributed by atoms with van der Waals surface area (Å²) in [4.78, 5) is 26.0. The monoisotopic (exact) mass is 513 g/mol. The van der Waals surface area contributed by atoms with E-state index in [-0.39, 0.29) is 11.8 Å². The zero-order valence-corrected chi connectivity index (χ0v) is 21.1. The molecule has 5 nitrogen and oxygen atoms in total. The Kier molecular flexibility index (Phi) is 8.55. The minimum atomic E-state index is -0.280. The van der Waals surface area contributed by atoms with Gasteiger partial charge in [-0.1, -0.05) is 54.1 Å². The number of carbonyl (C=O) groups excluding carboxylic acids is 2. The van der Waals surface area contributed by atoms with E-state index in [1.807, 2.05) is 73.7 Å². The molecule has 4 rings (SSSR count). The standard InChI is InChI=1S/C29H24ClN3O2S/c1-20(22-11-15-26(16-12-22)31-28(34)23-5-3-2-4-6-23)32-33-29(35)24-9-7-21(8-10-24)19-36-27-17-13-25(30)14-18-27/h2-18H,19H2,1H3,(H,31,34)(H,33,35)/b32-20+. The molecule has 4 aromatic carbocycles. The molecule has 0 atom stereocenters. The molecule has 0 radical (unpaired) electrons. The maximum absolute atomic E-state index is 12.5. The van der Waals surface area contributed by atoms with Gasteiger partial charge in [0.05, 0.1) is 5.71 Å². The van der Waals surface area contributed by atoms with Crippen LogP contribution < -0.4 is 10.7 Å². The van der Waals surface area contributed by atoms with Gasteiger partial charge in [-0.25, -0.2) is 5.43 Å². The normalized spacial score (nSPS) is 11.1. The van der Waals surface area contributed by atoms with Crippen LogP contribution in [0.3, 0.4) is 0 Å². The summed E-state index contributed by atoms with van der Waals surface area (Å²) in [5.74, 6) is 0.344. The third-order valence-electron chi connectivity index (χ3n) is 5.36. The van der Waals surface area contributed by atoms with Gasteiger partial charge in [0, 0.05) is 32.5 Å². The van der Waals surface area contributed by atoms with Gasteiger partial charge in [0.25, 0.3) is 11.8 Å². The number of anilines is 1. The van der Waals surface area contributed by atoms with E-state index in [4.69, 9.17) is 11.6 Å².